The smallest absolute Gasteiger partial charge is 0.308 e. The summed E-state index contributed by atoms with van der Waals surface area (Å²) in [6.45, 7) is 1.94. The van der Waals surface area contributed by atoms with E-state index in [1.165, 1.54) is 11.1 Å². The van der Waals surface area contributed by atoms with Gasteiger partial charge in [-0.2, -0.15) is 0 Å². The number of amides is 1. The quantitative estimate of drug-likeness (QED) is 0.816. The van der Waals surface area contributed by atoms with Gasteiger partial charge in [0, 0.05) is 25.2 Å². The highest BCUT2D eigenvalue weighted by Crippen LogP contribution is 2.39. The number of aromatic nitrogens is 2. The fourth-order valence-corrected chi connectivity index (χ4v) is 3.51. The molecule has 2 aliphatic heterocycles. The Kier molecular flexibility index (Phi) is 4.06. The van der Waals surface area contributed by atoms with E-state index in [9.17, 15) is 19.5 Å². The molecule has 1 fully saturated rings. The van der Waals surface area contributed by atoms with Crippen molar-refractivity contribution in [3.8, 4) is 11.5 Å². The molecule has 0 radical (unpaired) electrons. The van der Waals surface area contributed by atoms with E-state index in [1.54, 1.807) is 25.1 Å². The van der Waals surface area contributed by atoms with Gasteiger partial charge in [-0.25, -0.2) is 4.98 Å². The number of hydrogen-bond acceptors (Lipinski definition) is 6. The van der Waals surface area contributed by atoms with Crippen molar-refractivity contribution in [3.63, 3.8) is 0 Å². The molecule has 1 aromatic heterocycles. The van der Waals surface area contributed by atoms with Crippen LogP contribution in [0, 0.1) is 12.8 Å². The lowest BCUT2D eigenvalue weighted by atomic mass is 9.89. The van der Waals surface area contributed by atoms with Gasteiger partial charge in [-0.1, -0.05) is 6.07 Å². The summed E-state index contributed by atoms with van der Waals surface area (Å²) in [6.07, 6.45) is 1.22. The van der Waals surface area contributed by atoms with Crippen LogP contribution < -0.4 is 15.0 Å². The molecule has 2 aliphatic rings. The molecule has 2 atom stereocenters. The summed E-state index contributed by atoms with van der Waals surface area (Å²) >= 11 is 0. The van der Waals surface area contributed by atoms with Crippen LogP contribution in [0.3, 0.4) is 0 Å². The number of likely N-dealkylation sites (tertiary alicyclic amines) is 1. The molecule has 9 nitrogen and oxygen atoms in total. The monoisotopic (exact) mass is 371 g/mol. The second-order valence-electron chi connectivity index (χ2n) is 6.59. The molecule has 1 amide bonds. The maximum absolute atomic E-state index is 12.7. The lowest BCUT2D eigenvalue weighted by Crippen LogP contribution is -2.34. The summed E-state index contributed by atoms with van der Waals surface area (Å²) in [5, 5.41) is 9.63. The number of ether oxygens (including phenoxy) is 2. The first-order valence-corrected chi connectivity index (χ1v) is 8.41. The number of carbonyl (C=O) groups excluding carboxylic acids is 1. The number of nitrogens with zero attached hydrogens (tertiary/aromatic N) is 2. The minimum atomic E-state index is -0.996. The van der Waals surface area contributed by atoms with E-state index in [2.05, 4.69) is 9.97 Å². The van der Waals surface area contributed by atoms with Gasteiger partial charge in [0.15, 0.2) is 11.5 Å². The summed E-state index contributed by atoms with van der Waals surface area (Å²) in [6, 6.07) is 5.26. The molecule has 2 N–H and O–H groups in total. The number of aliphatic carboxylic acids is 1. The molecule has 4 rings (SSSR count). The maximum atomic E-state index is 12.7. The Morgan fingerprint density at radius 2 is 2.04 bits per heavy atom. The molecule has 27 heavy (non-hydrogen) atoms. The SMILES string of the molecule is Cc1ncc(C(=O)N2C[C@H](C(=O)O)[C@@H](c3ccc4c(c3)OCO4)C2)c(=O)[nH]1. The van der Waals surface area contributed by atoms with Crippen LogP contribution in [0.4, 0.5) is 0 Å². The molecule has 140 valence electrons. The van der Waals surface area contributed by atoms with Gasteiger partial charge < -0.3 is 24.5 Å². The van der Waals surface area contributed by atoms with E-state index in [4.69, 9.17) is 9.47 Å². The highest BCUT2D eigenvalue weighted by atomic mass is 16.7. The molecule has 0 saturated carbocycles. The molecule has 1 aromatic carbocycles. The number of fused-ring (bicyclic) bond motifs is 1. The summed E-state index contributed by atoms with van der Waals surface area (Å²) in [5.74, 6) is -1.17. The predicted molar refractivity (Wildman–Crippen MR) is 91.9 cm³/mol. The van der Waals surface area contributed by atoms with E-state index in [0.717, 1.165) is 5.56 Å². The zero-order chi connectivity index (χ0) is 19.1. The Morgan fingerprint density at radius 3 is 2.78 bits per heavy atom. The molecule has 0 spiro atoms. The largest absolute Gasteiger partial charge is 0.481 e. The van der Waals surface area contributed by atoms with E-state index in [0.29, 0.717) is 17.3 Å². The number of aromatic amines is 1. The van der Waals surface area contributed by atoms with Crippen molar-refractivity contribution in [2.24, 2.45) is 5.92 Å². The fourth-order valence-electron chi connectivity index (χ4n) is 3.51. The van der Waals surface area contributed by atoms with Crippen LogP contribution in [0.15, 0.2) is 29.2 Å². The van der Waals surface area contributed by atoms with Crippen molar-refractivity contribution in [1.82, 2.24) is 14.9 Å². The van der Waals surface area contributed by atoms with Crippen LogP contribution >= 0.6 is 0 Å². The second kappa shape index (κ2) is 6.42. The third-order valence-corrected chi connectivity index (χ3v) is 4.91. The topological polar surface area (TPSA) is 122 Å². The van der Waals surface area contributed by atoms with E-state index in [1.807, 2.05) is 0 Å². The van der Waals surface area contributed by atoms with Crippen LogP contribution in [0.2, 0.25) is 0 Å². The standard InChI is InChI=1S/C18H17N3O6/c1-9-19-5-11(16(22)20-9)17(23)21-6-12(13(7-21)18(24)25)10-2-3-14-15(4-10)27-8-26-14/h2-5,12-13H,6-8H2,1H3,(H,24,25)(H,19,20,22)/t12-,13+/m1/s1. The first-order valence-electron chi connectivity index (χ1n) is 8.41. The van der Waals surface area contributed by atoms with E-state index < -0.39 is 29.3 Å². The molecule has 9 heteroatoms. The number of nitrogens with one attached hydrogen (secondary N) is 1. The van der Waals surface area contributed by atoms with Crippen LogP contribution in [0.25, 0.3) is 0 Å². The Labute approximate surface area is 153 Å². The fraction of sp³-hybridized carbons (Fsp3) is 0.333. The Bertz CT molecular complexity index is 985. The number of H-pyrrole nitrogens is 1. The molecule has 0 bridgehead atoms. The molecular weight excluding hydrogens is 354 g/mol. The number of rotatable bonds is 3. The highest BCUT2D eigenvalue weighted by Gasteiger charge is 2.41. The molecule has 0 aliphatic carbocycles. The Hall–Kier alpha value is -3.36. The molecular formula is C18H17N3O6. The van der Waals surface area contributed by atoms with E-state index in [-0.39, 0.29) is 25.4 Å². The number of carboxylic acid groups (broad SMARTS) is 1. The minimum absolute atomic E-state index is 0.0145. The minimum Gasteiger partial charge on any atom is -0.481 e. The third-order valence-electron chi connectivity index (χ3n) is 4.91. The Morgan fingerprint density at radius 1 is 1.26 bits per heavy atom. The van der Waals surface area contributed by atoms with Crippen LogP contribution in [0.5, 0.6) is 11.5 Å². The average molecular weight is 371 g/mol. The first-order chi connectivity index (χ1) is 12.9. The van der Waals surface area contributed by atoms with Crippen molar-refractivity contribution in [2.45, 2.75) is 12.8 Å². The lowest BCUT2D eigenvalue weighted by molar-refractivity contribution is -0.141. The van der Waals surface area contributed by atoms with Gasteiger partial charge in [0.1, 0.15) is 11.4 Å². The average Bonchev–Trinajstić information content (AvgIpc) is 3.27. The third kappa shape index (κ3) is 3.01. The summed E-state index contributed by atoms with van der Waals surface area (Å²) in [7, 11) is 0. The van der Waals surface area contributed by atoms with Crippen LogP contribution in [-0.2, 0) is 4.79 Å². The van der Waals surface area contributed by atoms with Crippen LogP contribution in [-0.4, -0.2) is 51.7 Å². The summed E-state index contributed by atoms with van der Waals surface area (Å²) in [4.78, 5) is 44.4. The van der Waals surface area contributed by atoms with Gasteiger partial charge in [-0.05, 0) is 24.6 Å². The number of aryl methyl sites for hydroxylation is 1. The zero-order valence-corrected chi connectivity index (χ0v) is 14.5. The molecule has 0 unspecified atom stereocenters. The summed E-state index contributed by atoms with van der Waals surface area (Å²) < 4.78 is 10.6. The van der Waals surface area contributed by atoms with Crippen molar-refractivity contribution in [1.29, 1.82) is 0 Å². The zero-order valence-electron chi connectivity index (χ0n) is 14.5. The lowest BCUT2D eigenvalue weighted by Gasteiger charge is -2.16. The van der Waals surface area contributed by atoms with Gasteiger partial charge >= 0.3 is 5.97 Å². The van der Waals surface area contributed by atoms with Gasteiger partial charge in [-0.15, -0.1) is 0 Å². The van der Waals surface area contributed by atoms with Crippen molar-refractivity contribution in [3.05, 3.63) is 51.7 Å². The highest BCUT2D eigenvalue weighted by molar-refractivity contribution is 5.94. The van der Waals surface area contributed by atoms with Gasteiger partial charge in [0.25, 0.3) is 11.5 Å². The van der Waals surface area contributed by atoms with Crippen LogP contribution in [0.1, 0.15) is 27.7 Å². The van der Waals surface area contributed by atoms with Crippen molar-refractivity contribution >= 4 is 11.9 Å². The molecule has 2 aromatic rings. The van der Waals surface area contributed by atoms with Gasteiger partial charge in [0.2, 0.25) is 6.79 Å². The Balaban J connectivity index is 1.63. The van der Waals surface area contributed by atoms with E-state index >= 15 is 0 Å². The number of benzene rings is 1. The second-order valence-corrected chi connectivity index (χ2v) is 6.59. The van der Waals surface area contributed by atoms with Crippen molar-refractivity contribution < 1.29 is 24.2 Å². The normalized spacial score (nSPS) is 20.7. The van der Waals surface area contributed by atoms with Gasteiger partial charge in [0.05, 0.1) is 5.92 Å². The van der Waals surface area contributed by atoms with Gasteiger partial charge in [-0.3, -0.25) is 14.4 Å². The molecule has 3 heterocycles. The molecule has 1 saturated heterocycles. The van der Waals surface area contributed by atoms with Crippen molar-refractivity contribution in [2.75, 3.05) is 19.9 Å². The first kappa shape index (κ1) is 17.1. The number of carbonyl (C=O) groups is 2. The predicted octanol–water partition coefficient (Wildman–Crippen LogP) is 0.747. The number of carboxylic acids is 1. The maximum Gasteiger partial charge on any atom is 0.308 e. The number of hydrogen-bond donors (Lipinski definition) is 2. The summed E-state index contributed by atoms with van der Waals surface area (Å²) in [5.41, 5.74) is 0.111.